The highest BCUT2D eigenvalue weighted by Gasteiger charge is 2.35. The summed E-state index contributed by atoms with van der Waals surface area (Å²) in [6.07, 6.45) is 2.28. The molecule has 0 bridgehead atoms. The Kier molecular flexibility index (Phi) is 3.61. The van der Waals surface area contributed by atoms with E-state index in [2.05, 4.69) is 15.9 Å². The Hall–Kier alpha value is -0.390. The highest BCUT2D eigenvalue weighted by molar-refractivity contribution is 9.10. The maximum Gasteiger partial charge on any atom is 0.243 e. The van der Waals surface area contributed by atoms with Crippen LogP contribution in [0.1, 0.15) is 19.8 Å². The van der Waals surface area contributed by atoms with Crippen LogP contribution in [-0.2, 0) is 10.0 Å². The van der Waals surface area contributed by atoms with Crippen molar-refractivity contribution in [2.45, 2.75) is 30.7 Å². The van der Waals surface area contributed by atoms with Crippen LogP contribution in [0.2, 0.25) is 0 Å². The van der Waals surface area contributed by atoms with Crippen molar-refractivity contribution in [3.63, 3.8) is 0 Å². The zero-order valence-electron chi connectivity index (χ0n) is 9.93. The van der Waals surface area contributed by atoms with Gasteiger partial charge < -0.3 is 0 Å². The zero-order valence-corrected chi connectivity index (χ0v) is 12.3. The van der Waals surface area contributed by atoms with Gasteiger partial charge in [0.25, 0.3) is 0 Å². The molecular weight excluding hydrogens is 302 g/mol. The molecule has 1 unspecified atom stereocenters. The van der Waals surface area contributed by atoms with Crippen LogP contribution in [0.4, 0.5) is 0 Å². The van der Waals surface area contributed by atoms with E-state index in [1.807, 2.05) is 13.0 Å². The second kappa shape index (κ2) is 4.71. The Bertz CT molecular complexity index is 511. The first-order valence-electron chi connectivity index (χ1n) is 5.66. The molecule has 0 saturated heterocycles. The van der Waals surface area contributed by atoms with Crippen LogP contribution in [0.15, 0.2) is 33.6 Å². The number of rotatable bonds is 4. The van der Waals surface area contributed by atoms with Crippen molar-refractivity contribution in [1.82, 2.24) is 4.31 Å². The van der Waals surface area contributed by atoms with Crippen molar-refractivity contribution < 1.29 is 8.42 Å². The van der Waals surface area contributed by atoms with Gasteiger partial charge in [-0.2, -0.15) is 4.31 Å². The number of hydrogen-bond donors (Lipinski definition) is 0. The topological polar surface area (TPSA) is 37.4 Å². The molecule has 17 heavy (non-hydrogen) atoms. The molecule has 0 spiro atoms. The van der Waals surface area contributed by atoms with Crippen molar-refractivity contribution in [1.29, 1.82) is 0 Å². The lowest BCUT2D eigenvalue weighted by atomic mass is 10.2. The molecule has 1 aromatic carbocycles. The SMILES string of the molecule is CC(C1CC1)N(C)S(=O)(=O)c1cccc(Br)c1. The fourth-order valence-electron chi connectivity index (χ4n) is 1.89. The van der Waals surface area contributed by atoms with Gasteiger partial charge >= 0.3 is 0 Å². The lowest BCUT2D eigenvalue weighted by molar-refractivity contribution is 0.357. The largest absolute Gasteiger partial charge is 0.243 e. The van der Waals surface area contributed by atoms with E-state index >= 15 is 0 Å². The third kappa shape index (κ3) is 2.72. The van der Waals surface area contributed by atoms with Gasteiger partial charge in [0.05, 0.1) is 4.90 Å². The minimum absolute atomic E-state index is 0.0824. The maximum absolute atomic E-state index is 12.4. The molecule has 94 valence electrons. The van der Waals surface area contributed by atoms with E-state index in [0.29, 0.717) is 10.8 Å². The highest BCUT2D eigenvalue weighted by atomic mass is 79.9. The van der Waals surface area contributed by atoms with Gasteiger partial charge in [-0.1, -0.05) is 22.0 Å². The summed E-state index contributed by atoms with van der Waals surface area (Å²) in [5, 5.41) is 0. The summed E-state index contributed by atoms with van der Waals surface area (Å²) in [6, 6.07) is 6.93. The van der Waals surface area contributed by atoms with Crippen LogP contribution in [-0.4, -0.2) is 25.8 Å². The van der Waals surface area contributed by atoms with Crippen LogP contribution in [0, 0.1) is 5.92 Å². The summed E-state index contributed by atoms with van der Waals surface area (Å²) < 4.78 is 27.0. The van der Waals surface area contributed by atoms with Crippen molar-refractivity contribution >= 4 is 26.0 Å². The van der Waals surface area contributed by atoms with Crippen LogP contribution in [0.5, 0.6) is 0 Å². The summed E-state index contributed by atoms with van der Waals surface area (Å²) in [5.41, 5.74) is 0. The Morgan fingerprint density at radius 1 is 1.41 bits per heavy atom. The van der Waals surface area contributed by atoms with Crippen LogP contribution in [0.25, 0.3) is 0 Å². The molecule has 5 heteroatoms. The summed E-state index contributed by atoms with van der Waals surface area (Å²) in [6.45, 7) is 1.98. The van der Waals surface area contributed by atoms with Gasteiger partial charge in [0.15, 0.2) is 0 Å². The summed E-state index contributed by atoms with van der Waals surface area (Å²) in [4.78, 5) is 0.349. The minimum Gasteiger partial charge on any atom is -0.207 e. The molecule has 0 aromatic heterocycles. The third-order valence-corrected chi connectivity index (χ3v) is 5.78. The van der Waals surface area contributed by atoms with E-state index in [1.165, 1.54) is 4.31 Å². The second-order valence-corrected chi connectivity index (χ2v) is 7.47. The lowest BCUT2D eigenvalue weighted by Crippen LogP contribution is -2.36. The van der Waals surface area contributed by atoms with Gasteiger partial charge in [-0.3, -0.25) is 0 Å². The molecule has 1 aliphatic rings. The first-order chi connectivity index (χ1) is 7.93. The first-order valence-corrected chi connectivity index (χ1v) is 7.90. The molecule has 0 aliphatic heterocycles. The van der Waals surface area contributed by atoms with E-state index < -0.39 is 10.0 Å². The summed E-state index contributed by atoms with van der Waals surface area (Å²) in [5.74, 6) is 0.530. The molecule has 0 N–H and O–H groups in total. The molecule has 1 fully saturated rings. The number of nitrogens with zero attached hydrogens (tertiary/aromatic N) is 1. The van der Waals surface area contributed by atoms with Crippen molar-refractivity contribution in [3.05, 3.63) is 28.7 Å². The van der Waals surface area contributed by atoms with Gasteiger partial charge in [0, 0.05) is 17.6 Å². The molecule has 0 amide bonds. The number of benzene rings is 1. The van der Waals surface area contributed by atoms with Crippen LogP contribution in [0.3, 0.4) is 0 Å². The molecular formula is C12H16BrNO2S. The molecule has 0 radical (unpaired) electrons. The van der Waals surface area contributed by atoms with E-state index in [1.54, 1.807) is 25.2 Å². The average molecular weight is 318 g/mol. The molecule has 1 atom stereocenters. The van der Waals surface area contributed by atoms with E-state index in [0.717, 1.165) is 17.3 Å². The third-order valence-electron chi connectivity index (χ3n) is 3.35. The minimum atomic E-state index is -3.36. The Balaban J connectivity index is 2.29. The monoisotopic (exact) mass is 317 g/mol. The Morgan fingerprint density at radius 3 is 2.59 bits per heavy atom. The molecule has 1 aromatic rings. The average Bonchev–Trinajstić information content (AvgIpc) is 3.11. The molecule has 0 heterocycles. The van der Waals surface area contributed by atoms with E-state index in [4.69, 9.17) is 0 Å². The van der Waals surface area contributed by atoms with Gasteiger partial charge in [0.1, 0.15) is 0 Å². The van der Waals surface area contributed by atoms with Crippen LogP contribution >= 0.6 is 15.9 Å². The van der Waals surface area contributed by atoms with E-state index in [-0.39, 0.29) is 6.04 Å². The number of sulfonamides is 1. The summed E-state index contributed by atoms with van der Waals surface area (Å²) >= 11 is 3.30. The predicted molar refractivity (Wildman–Crippen MR) is 71.3 cm³/mol. The van der Waals surface area contributed by atoms with Gasteiger partial charge in [-0.05, 0) is 43.9 Å². The quantitative estimate of drug-likeness (QED) is 0.856. The number of hydrogen-bond acceptors (Lipinski definition) is 2. The highest BCUT2D eigenvalue weighted by Crippen LogP contribution is 2.36. The second-order valence-electron chi connectivity index (χ2n) is 4.56. The standard InChI is InChI=1S/C12H16BrNO2S/c1-9(10-6-7-10)14(2)17(15,16)12-5-3-4-11(13)8-12/h3-5,8-10H,6-7H2,1-2H3. The molecule has 1 aliphatic carbocycles. The Labute approximate surface area is 111 Å². The summed E-state index contributed by atoms with van der Waals surface area (Å²) in [7, 11) is -1.70. The predicted octanol–water partition coefficient (Wildman–Crippen LogP) is 2.87. The van der Waals surface area contributed by atoms with Crippen molar-refractivity contribution in [2.75, 3.05) is 7.05 Å². The van der Waals surface area contributed by atoms with Gasteiger partial charge in [-0.15, -0.1) is 0 Å². The van der Waals surface area contributed by atoms with E-state index in [9.17, 15) is 8.42 Å². The van der Waals surface area contributed by atoms with Crippen molar-refractivity contribution in [3.8, 4) is 0 Å². The Morgan fingerprint density at radius 2 is 2.06 bits per heavy atom. The van der Waals surface area contributed by atoms with Gasteiger partial charge in [0.2, 0.25) is 10.0 Å². The molecule has 3 nitrogen and oxygen atoms in total. The van der Waals surface area contributed by atoms with Crippen molar-refractivity contribution in [2.24, 2.45) is 5.92 Å². The van der Waals surface area contributed by atoms with Gasteiger partial charge in [-0.25, -0.2) is 8.42 Å². The normalized spacial score (nSPS) is 18.4. The number of halogens is 1. The molecule has 1 saturated carbocycles. The maximum atomic E-state index is 12.4. The zero-order chi connectivity index (χ0) is 12.6. The fraction of sp³-hybridized carbons (Fsp3) is 0.500. The van der Waals surface area contributed by atoms with Crippen LogP contribution < -0.4 is 0 Å². The smallest absolute Gasteiger partial charge is 0.207 e. The molecule has 2 rings (SSSR count). The fourth-order valence-corrected chi connectivity index (χ4v) is 3.91. The first kappa shape index (κ1) is 13.1. The lowest BCUT2D eigenvalue weighted by Gasteiger charge is -2.24.